The third-order valence-electron chi connectivity index (χ3n) is 2.41. The van der Waals surface area contributed by atoms with Crippen LogP contribution in [0.3, 0.4) is 0 Å². The second-order valence-corrected chi connectivity index (χ2v) is 3.43. The average molecular weight is 217 g/mol. The van der Waals surface area contributed by atoms with Gasteiger partial charge >= 0.3 is 0 Å². The molecule has 3 N–H and O–H groups in total. The number of nitrogens with zero attached hydrogens (tertiary/aromatic N) is 1. The van der Waals surface area contributed by atoms with E-state index in [4.69, 9.17) is 10.5 Å². The Kier molecular flexibility index (Phi) is 3.22. The van der Waals surface area contributed by atoms with Gasteiger partial charge in [-0.25, -0.2) is 4.98 Å². The van der Waals surface area contributed by atoms with E-state index in [0.717, 1.165) is 22.3 Å². The zero-order valence-corrected chi connectivity index (χ0v) is 9.23. The number of hydrogen-bond acceptors (Lipinski definition) is 4. The molecule has 0 radical (unpaired) electrons. The van der Waals surface area contributed by atoms with Crippen molar-refractivity contribution >= 4 is 16.6 Å². The van der Waals surface area contributed by atoms with Crippen molar-refractivity contribution < 1.29 is 4.74 Å². The van der Waals surface area contributed by atoms with E-state index in [-0.39, 0.29) is 0 Å². The molecule has 16 heavy (non-hydrogen) atoms. The lowest BCUT2D eigenvalue weighted by atomic mass is 10.1. The van der Waals surface area contributed by atoms with E-state index in [1.54, 1.807) is 13.3 Å². The summed E-state index contributed by atoms with van der Waals surface area (Å²) in [5.41, 5.74) is 5.47. The smallest absolute Gasteiger partial charge is 0.137 e. The molecule has 0 fully saturated rings. The highest BCUT2D eigenvalue weighted by atomic mass is 16.5. The lowest BCUT2D eigenvalue weighted by molar-refractivity contribution is 0.420. The van der Waals surface area contributed by atoms with Crippen LogP contribution in [0.1, 0.15) is 0 Å². The van der Waals surface area contributed by atoms with E-state index < -0.39 is 0 Å². The summed E-state index contributed by atoms with van der Waals surface area (Å²) in [5.74, 6) is 1.64. The van der Waals surface area contributed by atoms with Gasteiger partial charge in [-0.15, -0.1) is 0 Å². The van der Waals surface area contributed by atoms with E-state index in [0.29, 0.717) is 13.1 Å². The molecular weight excluding hydrogens is 202 g/mol. The second-order valence-electron chi connectivity index (χ2n) is 3.43. The number of nitrogens with one attached hydrogen (secondary N) is 1. The van der Waals surface area contributed by atoms with Crippen LogP contribution in [0.15, 0.2) is 30.5 Å². The molecule has 0 saturated heterocycles. The molecule has 0 bridgehead atoms. The molecule has 0 unspecified atom stereocenters. The Morgan fingerprint density at radius 1 is 1.38 bits per heavy atom. The molecule has 4 heteroatoms. The SMILES string of the molecule is COc1cccc2ccnc(NCCN)c12. The van der Waals surface area contributed by atoms with Gasteiger partial charge in [0.1, 0.15) is 11.6 Å². The maximum atomic E-state index is 5.47. The van der Waals surface area contributed by atoms with Crippen LogP contribution < -0.4 is 15.8 Å². The molecule has 84 valence electrons. The summed E-state index contributed by atoms with van der Waals surface area (Å²) in [7, 11) is 1.66. The van der Waals surface area contributed by atoms with Crippen molar-refractivity contribution in [3.05, 3.63) is 30.5 Å². The fraction of sp³-hybridized carbons (Fsp3) is 0.250. The summed E-state index contributed by atoms with van der Waals surface area (Å²) in [5, 5.41) is 5.30. The normalized spacial score (nSPS) is 10.4. The summed E-state index contributed by atoms with van der Waals surface area (Å²) in [6.45, 7) is 1.28. The molecule has 0 saturated carbocycles. The Morgan fingerprint density at radius 2 is 2.25 bits per heavy atom. The number of rotatable bonds is 4. The van der Waals surface area contributed by atoms with Crippen molar-refractivity contribution in [2.75, 3.05) is 25.5 Å². The van der Waals surface area contributed by atoms with Gasteiger partial charge in [0.05, 0.1) is 12.5 Å². The summed E-state index contributed by atoms with van der Waals surface area (Å²) >= 11 is 0. The van der Waals surface area contributed by atoms with Gasteiger partial charge in [0.25, 0.3) is 0 Å². The van der Waals surface area contributed by atoms with Crippen LogP contribution >= 0.6 is 0 Å². The quantitative estimate of drug-likeness (QED) is 0.817. The first-order valence-corrected chi connectivity index (χ1v) is 5.22. The number of nitrogens with two attached hydrogens (primary N) is 1. The van der Waals surface area contributed by atoms with E-state index in [1.165, 1.54) is 0 Å². The molecule has 4 nitrogen and oxygen atoms in total. The van der Waals surface area contributed by atoms with E-state index in [2.05, 4.69) is 10.3 Å². The number of hydrogen-bond donors (Lipinski definition) is 2. The third-order valence-corrected chi connectivity index (χ3v) is 2.41. The van der Waals surface area contributed by atoms with Gasteiger partial charge in [-0.3, -0.25) is 0 Å². The Hall–Kier alpha value is -1.81. The van der Waals surface area contributed by atoms with Crippen molar-refractivity contribution in [3.8, 4) is 5.75 Å². The summed E-state index contributed by atoms with van der Waals surface area (Å²) in [6.07, 6.45) is 1.78. The average Bonchev–Trinajstić information content (AvgIpc) is 2.35. The Balaban J connectivity index is 2.54. The first-order chi connectivity index (χ1) is 7.86. The zero-order chi connectivity index (χ0) is 11.4. The van der Waals surface area contributed by atoms with Crippen LogP contribution in [-0.2, 0) is 0 Å². The summed E-state index contributed by atoms with van der Waals surface area (Å²) in [6, 6.07) is 7.89. The van der Waals surface area contributed by atoms with Gasteiger partial charge < -0.3 is 15.8 Å². The highest BCUT2D eigenvalue weighted by Crippen LogP contribution is 2.30. The Labute approximate surface area is 94.4 Å². The van der Waals surface area contributed by atoms with Crippen molar-refractivity contribution in [1.82, 2.24) is 4.98 Å². The minimum Gasteiger partial charge on any atom is -0.496 e. The van der Waals surface area contributed by atoms with E-state index in [9.17, 15) is 0 Å². The number of ether oxygens (including phenoxy) is 1. The van der Waals surface area contributed by atoms with E-state index in [1.807, 2.05) is 24.3 Å². The lowest BCUT2D eigenvalue weighted by Gasteiger charge is -2.10. The lowest BCUT2D eigenvalue weighted by Crippen LogP contribution is -2.14. The van der Waals surface area contributed by atoms with Gasteiger partial charge in [-0.1, -0.05) is 12.1 Å². The predicted molar refractivity (Wildman–Crippen MR) is 65.8 cm³/mol. The fourth-order valence-corrected chi connectivity index (χ4v) is 1.69. The zero-order valence-electron chi connectivity index (χ0n) is 9.23. The standard InChI is InChI=1S/C12H15N3O/c1-16-10-4-2-3-9-5-7-14-12(11(9)10)15-8-6-13/h2-5,7H,6,8,13H2,1H3,(H,14,15). The van der Waals surface area contributed by atoms with Gasteiger partial charge in [-0.2, -0.15) is 0 Å². The highest BCUT2D eigenvalue weighted by molar-refractivity contribution is 5.96. The van der Waals surface area contributed by atoms with Crippen molar-refractivity contribution in [3.63, 3.8) is 0 Å². The molecule has 2 aromatic rings. The van der Waals surface area contributed by atoms with Gasteiger partial charge in [0.15, 0.2) is 0 Å². The largest absolute Gasteiger partial charge is 0.496 e. The minimum absolute atomic E-state index is 0.577. The second kappa shape index (κ2) is 4.81. The number of anilines is 1. The molecule has 0 atom stereocenters. The molecule has 2 rings (SSSR count). The highest BCUT2D eigenvalue weighted by Gasteiger charge is 2.06. The maximum Gasteiger partial charge on any atom is 0.137 e. The monoisotopic (exact) mass is 217 g/mol. The van der Waals surface area contributed by atoms with Gasteiger partial charge in [0, 0.05) is 19.3 Å². The summed E-state index contributed by atoms with van der Waals surface area (Å²) < 4.78 is 5.34. The predicted octanol–water partition coefficient (Wildman–Crippen LogP) is 1.61. The maximum absolute atomic E-state index is 5.47. The van der Waals surface area contributed by atoms with Crippen LogP contribution in [0.2, 0.25) is 0 Å². The molecule has 0 aliphatic rings. The van der Waals surface area contributed by atoms with Gasteiger partial charge in [0.2, 0.25) is 0 Å². The summed E-state index contributed by atoms with van der Waals surface area (Å²) in [4.78, 5) is 4.31. The number of fused-ring (bicyclic) bond motifs is 1. The van der Waals surface area contributed by atoms with Crippen LogP contribution in [0.25, 0.3) is 10.8 Å². The topological polar surface area (TPSA) is 60.2 Å². The molecule has 1 heterocycles. The van der Waals surface area contributed by atoms with Crippen LogP contribution in [0.5, 0.6) is 5.75 Å². The number of benzene rings is 1. The first kappa shape index (κ1) is 10.7. The Bertz CT molecular complexity index is 479. The molecule has 0 spiro atoms. The van der Waals surface area contributed by atoms with Crippen molar-refractivity contribution in [2.24, 2.45) is 5.73 Å². The number of methoxy groups -OCH3 is 1. The third kappa shape index (κ3) is 1.92. The van der Waals surface area contributed by atoms with Crippen LogP contribution in [0.4, 0.5) is 5.82 Å². The molecule has 0 aliphatic carbocycles. The molecule has 0 aliphatic heterocycles. The van der Waals surface area contributed by atoms with Crippen LogP contribution in [-0.4, -0.2) is 25.2 Å². The van der Waals surface area contributed by atoms with Crippen molar-refractivity contribution in [2.45, 2.75) is 0 Å². The molecule has 1 aromatic carbocycles. The number of pyridine rings is 1. The van der Waals surface area contributed by atoms with Gasteiger partial charge in [-0.05, 0) is 17.5 Å². The molecular formula is C12H15N3O. The Morgan fingerprint density at radius 3 is 3.00 bits per heavy atom. The fourth-order valence-electron chi connectivity index (χ4n) is 1.69. The number of aromatic nitrogens is 1. The van der Waals surface area contributed by atoms with Crippen molar-refractivity contribution in [1.29, 1.82) is 0 Å². The minimum atomic E-state index is 0.577. The molecule has 0 amide bonds. The first-order valence-electron chi connectivity index (χ1n) is 5.22. The van der Waals surface area contributed by atoms with Crippen LogP contribution in [0, 0.1) is 0 Å². The van der Waals surface area contributed by atoms with E-state index >= 15 is 0 Å². The molecule has 1 aromatic heterocycles.